The molecule has 190 valence electrons. The van der Waals surface area contributed by atoms with Gasteiger partial charge in [-0.25, -0.2) is 4.79 Å². The molecule has 1 saturated heterocycles. The van der Waals surface area contributed by atoms with E-state index in [1.807, 2.05) is 13.8 Å². The van der Waals surface area contributed by atoms with Crippen LogP contribution in [0.25, 0.3) is 0 Å². The Morgan fingerprint density at radius 1 is 0.943 bits per heavy atom. The number of nitrogens with zero attached hydrogens (tertiary/aromatic N) is 2. The predicted octanol–water partition coefficient (Wildman–Crippen LogP) is 4.40. The van der Waals surface area contributed by atoms with Crippen molar-refractivity contribution in [2.45, 2.75) is 26.4 Å². The van der Waals surface area contributed by atoms with Gasteiger partial charge >= 0.3 is 12.1 Å². The fourth-order valence-corrected chi connectivity index (χ4v) is 3.63. The second-order valence-electron chi connectivity index (χ2n) is 7.94. The van der Waals surface area contributed by atoms with Crippen molar-refractivity contribution < 1.29 is 37.0 Å². The molecule has 1 fully saturated rings. The lowest BCUT2D eigenvalue weighted by atomic mass is 10.1. The Morgan fingerprint density at radius 2 is 1.69 bits per heavy atom. The number of benzene rings is 2. The predicted molar refractivity (Wildman–Crippen MR) is 124 cm³/mol. The number of ether oxygens (including phenoxy) is 3. The van der Waals surface area contributed by atoms with Crippen LogP contribution in [0.3, 0.4) is 0 Å². The van der Waals surface area contributed by atoms with Gasteiger partial charge in [-0.05, 0) is 49.7 Å². The standard InChI is InChI=1S/C25H29F3N2O5/c1-3-14-34-21-9-8-18(15-22(21)33-4-2)24(32)35-17-23(31)30-12-10-29(11-13-30)20-7-5-6-19(16-20)25(26,27)28/h5-9,15-16H,3-4,10-14,17H2,1-2H3. The molecule has 0 bridgehead atoms. The summed E-state index contributed by atoms with van der Waals surface area (Å²) in [7, 11) is 0. The minimum atomic E-state index is -4.41. The molecule has 1 heterocycles. The van der Waals surface area contributed by atoms with Crippen LogP contribution in [-0.4, -0.2) is 62.8 Å². The molecule has 0 atom stereocenters. The first kappa shape index (κ1) is 26.2. The number of anilines is 1. The zero-order valence-corrected chi connectivity index (χ0v) is 19.8. The number of carbonyl (C=O) groups is 2. The van der Waals surface area contributed by atoms with Crippen molar-refractivity contribution in [1.82, 2.24) is 4.90 Å². The highest BCUT2D eigenvalue weighted by Gasteiger charge is 2.31. The van der Waals surface area contributed by atoms with Crippen LogP contribution in [0, 0.1) is 0 Å². The molecule has 7 nitrogen and oxygen atoms in total. The SMILES string of the molecule is CCCOc1ccc(C(=O)OCC(=O)N2CCN(c3cccc(C(F)(F)F)c3)CC2)cc1OCC. The zero-order chi connectivity index (χ0) is 25.4. The molecule has 0 aliphatic carbocycles. The monoisotopic (exact) mass is 494 g/mol. The summed E-state index contributed by atoms with van der Waals surface area (Å²) in [6.45, 7) is 5.64. The van der Waals surface area contributed by atoms with Gasteiger partial charge in [-0.2, -0.15) is 13.2 Å². The molecule has 0 unspecified atom stereocenters. The number of rotatable bonds is 9. The minimum absolute atomic E-state index is 0.236. The molecule has 0 N–H and O–H groups in total. The number of hydrogen-bond donors (Lipinski definition) is 0. The molecule has 0 spiro atoms. The van der Waals surface area contributed by atoms with E-state index >= 15 is 0 Å². The summed E-state index contributed by atoms with van der Waals surface area (Å²) in [5, 5.41) is 0. The van der Waals surface area contributed by atoms with E-state index in [-0.39, 0.29) is 11.5 Å². The molecular formula is C25H29F3N2O5. The maximum absolute atomic E-state index is 13.0. The van der Waals surface area contributed by atoms with E-state index < -0.39 is 24.3 Å². The van der Waals surface area contributed by atoms with Gasteiger partial charge in [-0.15, -0.1) is 0 Å². The third-order valence-corrected chi connectivity index (χ3v) is 5.44. The topological polar surface area (TPSA) is 68.3 Å². The van der Waals surface area contributed by atoms with Crippen LogP contribution < -0.4 is 14.4 Å². The third-order valence-electron chi connectivity index (χ3n) is 5.44. The average molecular weight is 495 g/mol. The lowest BCUT2D eigenvalue weighted by Gasteiger charge is -2.36. The highest BCUT2D eigenvalue weighted by atomic mass is 19.4. The van der Waals surface area contributed by atoms with Crippen LogP contribution in [0.15, 0.2) is 42.5 Å². The van der Waals surface area contributed by atoms with Gasteiger partial charge in [0.25, 0.3) is 5.91 Å². The average Bonchev–Trinajstić information content (AvgIpc) is 2.86. The minimum Gasteiger partial charge on any atom is -0.490 e. The number of piperazine rings is 1. The van der Waals surface area contributed by atoms with Crippen molar-refractivity contribution in [3.8, 4) is 11.5 Å². The van der Waals surface area contributed by atoms with E-state index in [0.717, 1.165) is 18.6 Å². The fourth-order valence-electron chi connectivity index (χ4n) is 3.63. The number of carbonyl (C=O) groups excluding carboxylic acids is 2. The number of alkyl halides is 3. The van der Waals surface area contributed by atoms with E-state index in [9.17, 15) is 22.8 Å². The second-order valence-corrected chi connectivity index (χ2v) is 7.94. The first-order valence-corrected chi connectivity index (χ1v) is 11.5. The Hall–Kier alpha value is -3.43. The van der Waals surface area contributed by atoms with Gasteiger partial charge in [0.2, 0.25) is 0 Å². The van der Waals surface area contributed by atoms with E-state index in [1.165, 1.54) is 17.0 Å². The third kappa shape index (κ3) is 7.03. The van der Waals surface area contributed by atoms with Gasteiger partial charge in [-0.3, -0.25) is 4.79 Å². The van der Waals surface area contributed by atoms with Crippen molar-refractivity contribution in [1.29, 1.82) is 0 Å². The highest BCUT2D eigenvalue weighted by molar-refractivity contribution is 5.92. The molecular weight excluding hydrogens is 465 g/mol. The van der Waals surface area contributed by atoms with Crippen molar-refractivity contribution >= 4 is 17.6 Å². The quantitative estimate of drug-likeness (QED) is 0.482. The Kier molecular flexibility index (Phi) is 8.84. The van der Waals surface area contributed by atoms with Crippen molar-refractivity contribution in [3.63, 3.8) is 0 Å². The lowest BCUT2D eigenvalue weighted by Crippen LogP contribution is -2.50. The number of hydrogen-bond acceptors (Lipinski definition) is 6. The zero-order valence-electron chi connectivity index (χ0n) is 19.8. The molecule has 1 aliphatic heterocycles. The van der Waals surface area contributed by atoms with Crippen LogP contribution in [0.2, 0.25) is 0 Å². The van der Waals surface area contributed by atoms with Gasteiger partial charge in [0.1, 0.15) is 0 Å². The second kappa shape index (κ2) is 11.8. The maximum Gasteiger partial charge on any atom is 0.416 e. The van der Waals surface area contributed by atoms with Crippen LogP contribution in [0.4, 0.5) is 18.9 Å². The lowest BCUT2D eigenvalue weighted by molar-refractivity contribution is -0.137. The molecule has 2 aromatic rings. The smallest absolute Gasteiger partial charge is 0.416 e. The largest absolute Gasteiger partial charge is 0.490 e. The van der Waals surface area contributed by atoms with Crippen LogP contribution in [0.1, 0.15) is 36.2 Å². The summed E-state index contributed by atoms with van der Waals surface area (Å²) in [6, 6.07) is 9.82. The normalized spacial score (nSPS) is 14.0. The molecule has 3 rings (SSSR count). The van der Waals surface area contributed by atoms with Crippen molar-refractivity contribution in [3.05, 3.63) is 53.6 Å². The Bertz CT molecular complexity index is 1020. The molecule has 1 amide bonds. The molecule has 1 aliphatic rings. The van der Waals surface area contributed by atoms with E-state index in [0.29, 0.717) is 56.6 Å². The van der Waals surface area contributed by atoms with Gasteiger partial charge in [-0.1, -0.05) is 13.0 Å². The summed E-state index contributed by atoms with van der Waals surface area (Å²) in [5.41, 5.74) is -0.0212. The molecule has 0 aromatic heterocycles. The number of esters is 1. The Balaban J connectivity index is 1.52. The van der Waals surface area contributed by atoms with Gasteiger partial charge < -0.3 is 24.0 Å². The Morgan fingerprint density at radius 3 is 2.34 bits per heavy atom. The number of amides is 1. The molecule has 35 heavy (non-hydrogen) atoms. The summed E-state index contributed by atoms with van der Waals surface area (Å²) in [6.07, 6.45) is -3.59. The summed E-state index contributed by atoms with van der Waals surface area (Å²) in [5.74, 6) is -0.0775. The van der Waals surface area contributed by atoms with Crippen molar-refractivity contribution in [2.24, 2.45) is 0 Å². The Labute approximate surface area is 202 Å². The van der Waals surface area contributed by atoms with Crippen LogP contribution in [-0.2, 0) is 15.7 Å². The van der Waals surface area contributed by atoms with E-state index in [2.05, 4.69) is 0 Å². The fraction of sp³-hybridized carbons (Fsp3) is 0.440. The first-order chi connectivity index (χ1) is 16.7. The highest BCUT2D eigenvalue weighted by Crippen LogP contribution is 2.32. The molecule has 2 aromatic carbocycles. The molecule has 0 saturated carbocycles. The van der Waals surface area contributed by atoms with E-state index in [4.69, 9.17) is 14.2 Å². The van der Waals surface area contributed by atoms with Gasteiger partial charge in [0.15, 0.2) is 18.1 Å². The summed E-state index contributed by atoms with van der Waals surface area (Å²) >= 11 is 0. The molecule has 10 heteroatoms. The van der Waals surface area contributed by atoms with Crippen LogP contribution in [0.5, 0.6) is 11.5 Å². The first-order valence-electron chi connectivity index (χ1n) is 11.5. The van der Waals surface area contributed by atoms with E-state index in [1.54, 1.807) is 23.1 Å². The molecule has 0 radical (unpaired) electrons. The summed E-state index contributed by atoms with van der Waals surface area (Å²) < 4.78 is 55.3. The van der Waals surface area contributed by atoms with Gasteiger partial charge in [0.05, 0.1) is 24.3 Å². The number of halogens is 3. The van der Waals surface area contributed by atoms with Gasteiger partial charge in [0, 0.05) is 31.9 Å². The van der Waals surface area contributed by atoms with Crippen molar-refractivity contribution in [2.75, 3.05) is 50.9 Å². The summed E-state index contributed by atoms with van der Waals surface area (Å²) in [4.78, 5) is 28.3. The van der Waals surface area contributed by atoms with Crippen LogP contribution >= 0.6 is 0 Å². The maximum atomic E-state index is 13.0.